The summed E-state index contributed by atoms with van der Waals surface area (Å²) in [4.78, 5) is 0. The topological polar surface area (TPSA) is 109 Å². The van der Waals surface area contributed by atoms with Gasteiger partial charge in [0.25, 0.3) is 0 Å². The molecule has 6 rings (SSSR count). The van der Waals surface area contributed by atoms with Crippen LogP contribution in [-0.4, -0.2) is 31.4 Å². The van der Waals surface area contributed by atoms with E-state index in [-0.39, 0.29) is 0 Å². The molecule has 0 amide bonds. The van der Waals surface area contributed by atoms with Crippen molar-refractivity contribution >= 4 is 34.6 Å². The summed E-state index contributed by atoms with van der Waals surface area (Å²) in [6, 6.07) is 16.1. The Morgan fingerprint density at radius 3 is 1.63 bits per heavy atom. The maximum Gasteiger partial charge on any atom is 0.421 e. The third kappa shape index (κ3) is 9.12. The third-order valence-corrected chi connectivity index (χ3v) is 8.20. The lowest BCUT2D eigenvalue weighted by Gasteiger charge is -2.05. The first-order valence-electron chi connectivity index (χ1n) is 16.5. The van der Waals surface area contributed by atoms with Crippen LogP contribution in [0.2, 0.25) is 0 Å². The highest BCUT2D eigenvalue weighted by Crippen LogP contribution is 2.20. The van der Waals surface area contributed by atoms with Crippen LogP contribution in [0.15, 0.2) is 131 Å². The van der Waals surface area contributed by atoms with Crippen LogP contribution < -0.4 is 28.9 Å². The molecule has 0 radical (unpaired) electrons. The van der Waals surface area contributed by atoms with Gasteiger partial charge in [-0.25, -0.2) is 27.4 Å². The summed E-state index contributed by atoms with van der Waals surface area (Å²) >= 11 is 0. The molecule has 0 atom stereocenters. The summed E-state index contributed by atoms with van der Waals surface area (Å²) < 4.78 is 16.6. The fraction of sp³-hybridized carbons (Fsp3) is 0.314. The second-order valence-electron chi connectivity index (χ2n) is 12.2. The molecule has 4 heterocycles. The van der Waals surface area contributed by atoms with Crippen LogP contribution in [0.25, 0.3) is 0 Å². The first-order chi connectivity index (χ1) is 23.9. The minimum absolute atomic E-state index is 0.772. The molecule has 14 heteroatoms. The SMILES string of the molecule is Cn1cc[n+](C)c1/N=N/c1ccc(NCCCn2cc[n+](Cn3cc[n+](CCCNc4ccc(/N=N/c5n(C)cc[n+]5C)cc4)c3)c2)cc1. The van der Waals surface area contributed by atoms with Gasteiger partial charge in [-0.15, -0.1) is 0 Å². The zero-order chi connectivity index (χ0) is 34.0. The number of nitrogens with zero attached hydrogens (tertiary/aromatic N) is 12. The molecule has 0 aliphatic heterocycles. The minimum Gasteiger partial charge on any atom is -0.385 e. The van der Waals surface area contributed by atoms with Gasteiger partial charge in [0.2, 0.25) is 19.3 Å². The number of imidazole rings is 4. The number of hydrogen-bond donors (Lipinski definition) is 2. The van der Waals surface area contributed by atoms with Crippen molar-refractivity contribution in [3.05, 3.63) is 111 Å². The second-order valence-corrected chi connectivity index (χ2v) is 12.2. The molecule has 2 N–H and O–H groups in total. The van der Waals surface area contributed by atoms with Gasteiger partial charge in [0.05, 0.1) is 66.1 Å². The van der Waals surface area contributed by atoms with Crippen molar-refractivity contribution < 1.29 is 18.3 Å². The molecule has 0 spiro atoms. The van der Waals surface area contributed by atoms with Crippen LogP contribution in [-0.2, 0) is 47.9 Å². The summed E-state index contributed by atoms with van der Waals surface area (Å²) in [5.41, 5.74) is 3.80. The largest absolute Gasteiger partial charge is 0.421 e. The molecular weight excluding hydrogens is 616 g/mol. The van der Waals surface area contributed by atoms with Gasteiger partial charge in [0.1, 0.15) is 36.2 Å². The lowest BCUT2D eigenvalue weighted by molar-refractivity contribution is -0.713. The molecule has 0 bridgehead atoms. The van der Waals surface area contributed by atoms with Crippen molar-refractivity contribution in [1.29, 1.82) is 0 Å². The lowest BCUT2D eigenvalue weighted by atomic mass is 10.3. The third-order valence-electron chi connectivity index (χ3n) is 8.20. The minimum atomic E-state index is 0.772. The zero-order valence-electron chi connectivity index (χ0n) is 28.7. The van der Waals surface area contributed by atoms with E-state index in [1.165, 1.54) is 0 Å². The molecule has 0 aliphatic carbocycles. The van der Waals surface area contributed by atoms with Gasteiger partial charge in [-0.3, -0.25) is 0 Å². The van der Waals surface area contributed by atoms with Gasteiger partial charge in [-0.05, 0) is 48.5 Å². The Balaban J connectivity index is 0.866. The zero-order valence-corrected chi connectivity index (χ0v) is 28.7. The van der Waals surface area contributed by atoms with E-state index < -0.39 is 0 Å². The van der Waals surface area contributed by atoms with Crippen LogP contribution in [0.3, 0.4) is 0 Å². The highest BCUT2D eigenvalue weighted by Gasteiger charge is 2.12. The predicted molar refractivity (Wildman–Crippen MR) is 185 cm³/mol. The standard InChI is InChI=1S/C35H44N14/c1-42-19-20-43(2)34(42)40-38-32-11-7-30(8-12-32)36-15-5-17-46-23-25-48(27-46)29-49-26-24-47(28-49)18-6-16-37-31-9-13-33(14-10-31)39-41-35-44(3)21-22-45(35)4/h7-14,19-28H,5-6,15-18,29H2,1-4H3/q+2/p+2. The molecule has 0 unspecified atom stereocenters. The number of azo groups is 2. The number of aromatic nitrogens is 8. The smallest absolute Gasteiger partial charge is 0.385 e. The van der Waals surface area contributed by atoms with E-state index in [0.29, 0.717) is 0 Å². The molecule has 0 saturated carbocycles. The molecule has 0 aliphatic rings. The summed E-state index contributed by atoms with van der Waals surface area (Å²) in [6.45, 7) is 4.43. The summed E-state index contributed by atoms with van der Waals surface area (Å²) in [7, 11) is 7.83. The van der Waals surface area contributed by atoms with Crippen LogP contribution in [0.1, 0.15) is 12.8 Å². The fourth-order valence-electron chi connectivity index (χ4n) is 5.43. The van der Waals surface area contributed by atoms with Gasteiger partial charge in [0.15, 0.2) is 0 Å². The maximum atomic E-state index is 4.36. The van der Waals surface area contributed by atoms with Crippen LogP contribution in [0.5, 0.6) is 0 Å². The number of rotatable bonds is 16. The van der Waals surface area contributed by atoms with E-state index >= 15 is 0 Å². The van der Waals surface area contributed by atoms with Gasteiger partial charge in [-0.1, -0.05) is 10.2 Å². The molecule has 4 aromatic heterocycles. The lowest BCUT2D eigenvalue weighted by Crippen LogP contribution is -2.37. The van der Waals surface area contributed by atoms with Crippen LogP contribution in [0, 0.1) is 0 Å². The monoisotopic (exact) mass is 662 g/mol. The van der Waals surface area contributed by atoms with Crippen molar-refractivity contribution in [3.63, 3.8) is 0 Å². The Bertz CT molecular complexity index is 1810. The normalized spacial score (nSPS) is 11.7. The molecular formula is C35H46N14+4. The molecule has 0 fully saturated rings. The van der Waals surface area contributed by atoms with Crippen molar-refractivity contribution in [2.75, 3.05) is 23.7 Å². The van der Waals surface area contributed by atoms with Crippen LogP contribution in [0.4, 0.5) is 34.6 Å². The van der Waals surface area contributed by atoms with E-state index in [1.54, 1.807) is 0 Å². The average Bonchev–Trinajstić information content (AvgIpc) is 3.90. The quantitative estimate of drug-likeness (QED) is 0.0903. The first-order valence-corrected chi connectivity index (χ1v) is 16.5. The fourth-order valence-corrected chi connectivity index (χ4v) is 5.43. The number of hydrogen-bond acceptors (Lipinski definition) is 6. The summed E-state index contributed by atoms with van der Waals surface area (Å²) in [5.74, 6) is 1.59. The first kappa shape index (κ1) is 33.0. The number of aryl methyl sites for hydroxylation is 6. The Morgan fingerprint density at radius 1 is 0.571 bits per heavy atom. The molecule has 14 nitrogen and oxygen atoms in total. The number of nitrogens with one attached hydrogen (secondary N) is 2. The Hall–Kier alpha value is -5.92. The number of anilines is 2. The highest BCUT2D eigenvalue weighted by molar-refractivity contribution is 5.51. The molecule has 252 valence electrons. The molecule has 6 aromatic rings. The Kier molecular flexibility index (Phi) is 10.6. The van der Waals surface area contributed by atoms with E-state index in [9.17, 15) is 0 Å². The molecule has 0 saturated heterocycles. The number of benzene rings is 2. The molecule has 49 heavy (non-hydrogen) atoms. The molecule has 2 aromatic carbocycles. The Morgan fingerprint density at radius 2 is 1.08 bits per heavy atom. The maximum absolute atomic E-state index is 4.36. The van der Waals surface area contributed by atoms with Crippen molar-refractivity contribution in [3.8, 4) is 0 Å². The summed E-state index contributed by atoms with van der Waals surface area (Å²) in [5, 5.41) is 24.4. The van der Waals surface area contributed by atoms with Crippen molar-refractivity contribution in [2.24, 2.45) is 48.6 Å². The van der Waals surface area contributed by atoms with Gasteiger partial charge in [-0.2, -0.15) is 9.13 Å². The van der Waals surface area contributed by atoms with E-state index in [4.69, 9.17) is 0 Å². The summed E-state index contributed by atoms with van der Waals surface area (Å²) in [6.07, 6.45) is 22.7. The van der Waals surface area contributed by atoms with Gasteiger partial charge >= 0.3 is 11.9 Å². The van der Waals surface area contributed by atoms with Crippen molar-refractivity contribution in [2.45, 2.75) is 32.6 Å². The second kappa shape index (κ2) is 15.8. The van der Waals surface area contributed by atoms with E-state index in [2.05, 4.69) is 86.8 Å². The average molecular weight is 663 g/mol. The van der Waals surface area contributed by atoms with Crippen LogP contribution >= 0.6 is 0 Å². The predicted octanol–water partition coefficient (Wildman–Crippen LogP) is 4.53. The van der Waals surface area contributed by atoms with E-state index in [0.717, 1.165) is 80.3 Å². The van der Waals surface area contributed by atoms with Gasteiger partial charge in [0, 0.05) is 47.5 Å². The van der Waals surface area contributed by atoms with E-state index in [1.807, 2.05) is 120 Å². The highest BCUT2D eigenvalue weighted by atomic mass is 15.3. The van der Waals surface area contributed by atoms with Crippen molar-refractivity contribution in [1.82, 2.24) is 18.3 Å². The van der Waals surface area contributed by atoms with Gasteiger partial charge < -0.3 is 10.6 Å². The Labute approximate surface area is 286 Å².